The summed E-state index contributed by atoms with van der Waals surface area (Å²) in [6.07, 6.45) is 4.00. The van der Waals surface area contributed by atoms with Crippen LogP contribution in [0.4, 0.5) is 0 Å². The van der Waals surface area contributed by atoms with Gasteiger partial charge in [-0.15, -0.1) is 0 Å². The van der Waals surface area contributed by atoms with Gasteiger partial charge in [0.05, 0.1) is 0 Å². The fourth-order valence-electron chi connectivity index (χ4n) is 3.33. The van der Waals surface area contributed by atoms with E-state index in [0.29, 0.717) is 12.5 Å². The quantitative estimate of drug-likeness (QED) is 0.757. The van der Waals surface area contributed by atoms with Crippen LogP contribution in [0.5, 0.6) is 0 Å². The van der Waals surface area contributed by atoms with Gasteiger partial charge in [-0.2, -0.15) is 0 Å². The molecule has 1 fully saturated rings. The number of Topliss-reactive ketones (excluding diaryl/α,β-unsaturated/α-hetero) is 1. The molecule has 2 nitrogen and oxygen atoms in total. The van der Waals surface area contributed by atoms with Crippen molar-refractivity contribution in [2.75, 3.05) is 6.61 Å². The molecule has 20 heavy (non-hydrogen) atoms. The Bertz CT molecular complexity index is 488. The van der Waals surface area contributed by atoms with Gasteiger partial charge in [-0.3, -0.25) is 4.79 Å². The Morgan fingerprint density at radius 1 is 1.35 bits per heavy atom. The Morgan fingerprint density at radius 2 is 2.10 bits per heavy atom. The first-order valence-electron chi connectivity index (χ1n) is 7.74. The van der Waals surface area contributed by atoms with E-state index in [1.165, 1.54) is 17.5 Å². The van der Waals surface area contributed by atoms with E-state index in [2.05, 4.69) is 20.8 Å². The highest BCUT2D eigenvalue weighted by Gasteiger charge is 2.42. The minimum Gasteiger partial charge on any atom is -0.367 e. The van der Waals surface area contributed by atoms with E-state index >= 15 is 0 Å². The first kappa shape index (κ1) is 15.2. The maximum absolute atomic E-state index is 13.0. The van der Waals surface area contributed by atoms with Gasteiger partial charge in [0.1, 0.15) is 5.60 Å². The zero-order valence-corrected chi connectivity index (χ0v) is 13.2. The molecule has 0 aliphatic heterocycles. The summed E-state index contributed by atoms with van der Waals surface area (Å²) in [7, 11) is 0. The van der Waals surface area contributed by atoms with E-state index in [-0.39, 0.29) is 5.78 Å². The van der Waals surface area contributed by atoms with E-state index in [9.17, 15) is 4.79 Å². The summed E-state index contributed by atoms with van der Waals surface area (Å²) in [5, 5.41) is 0. The molecule has 110 valence electrons. The van der Waals surface area contributed by atoms with Crippen molar-refractivity contribution in [1.82, 2.24) is 0 Å². The predicted octanol–water partition coefficient (Wildman–Crippen LogP) is 4.47. The molecule has 1 saturated carbocycles. The lowest BCUT2D eigenvalue weighted by Gasteiger charge is -2.38. The van der Waals surface area contributed by atoms with E-state index in [1.54, 1.807) is 0 Å². The highest BCUT2D eigenvalue weighted by atomic mass is 16.5. The predicted molar refractivity (Wildman–Crippen MR) is 82.2 cm³/mol. The van der Waals surface area contributed by atoms with Crippen LogP contribution in [0.1, 0.15) is 61.0 Å². The monoisotopic (exact) mass is 274 g/mol. The van der Waals surface area contributed by atoms with Crippen LogP contribution < -0.4 is 0 Å². The Morgan fingerprint density at radius 3 is 2.70 bits per heavy atom. The van der Waals surface area contributed by atoms with Crippen molar-refractivity contribution in [3.05, 3.63) is 34.9 Å². The molecule has 0 heterocycles. The third kappa shape index (κ3) is 2.95. The molecule has 0 bridgehead atoms. The number of rotatable bonds is 4. The molecule has 2 unspecified atom stereocenters. The molecule has 0 N–H and O–H groups in total. The molecule has 0 amide bonds. The van der Waals surface area contributed by atoms with Crippen molar-refractivity contribution >= 4 is 5.78 Å². The molecule has 2 rings (SSSR count). The fraction of sp³-hybridized carbons (Fsp3) is 0.611. The molecule has 1 aromatic rings. The lowest BCUT2D eigenvalue weighted by Crippen LogP contribution is -2.45. The smallest absolute Gasteiger partial charge is 0.194 e. The number of ketones is 1. The number of hydrogen-bond donors (Lipinski definition) is 0. The molecule has 2 atom stereocenters. The molecular weight excluding hydrogens is 248 g/mol. The van der Waals surface area contributed by atoms with Gasteiger partial charge in [-0.05, 0) is 63.1 Å². The molecule has 0 aromatic heterocycles. The number of carbonyl (C=O) groups excluding carboxylic acids is 1. The lowest BCUT2D eigenvalue weighted by molar-refractivity contribution is -0.0511. The maximum atomic E-state index is 13.0. The van der Waals surface area contributed by atoms with Crippen molar-refractivity contribution in [2.45, 2.75) is 59.0 Å². The van der Waals surface area contributed by atoms with Gasteiger partial charge in [0.2, 0.25) is 0 Å². The number of aryl methyl sites for hydroxylation is 2. The number of ether oxygens (including phenoxy) is 1. The average Bonchev–Trinajstić information content (AvgIpc) is 2.41. The summed E-state index contributed by atoms with van der Waals surface area (Å²) in [5.74, 6) is 0.736. The SMILES string of the molecule is CCOC1(C(=O)c2ccc(C)c(C)c2)CCCC(C)C1. The Hall–Kier alpha value is -1.15. The van der Waals surface area contributed by atoms with Crippen LogP contribution in [0.25, 0.3) is 0 Å². The summed E-state index contributed by atoms with van der Waals surface area (Å²) in [4.78, 5) is 13.0. The van der Waals surface area contributed by atoms with Gasteiger partial charge in [0, 0.05) is 12.2 Å². The largest absolute Gasteiger partial charge is 0.367 e. The summed E-state index contributed by atoms with van der Waals surface area (Å²) < 4.78 is 5.98. The maximum Gasteiger partial charge on any atom is 0.194 e. The van der Waals surface area contributed by atoms with Crippen LogP contribution >= 0.6 is 0 Å². The number of benzene rings is 1. The first-order chi connectivity index (χ1) is 9.48. The zero-order valence-electron chi connectivity index (χ0n) is 13.2. The molecule has 0 saturated heterocycles. The van der Waals surface area contributed by atoms with Crippen LogP contribution in [0, 0.1) is 19.8 Å². The van der Waals surface area contributed by atoms with Crippen LogP contribution in [0.3, 0.4) is 0 Å². The average molecular weight is 274 g/mol. The minimum atomic E-state index is -0.589. The van der Waals surface area contributed by atoms with Crippen LogP contribution in [-0.2, 0) is 4.74 Å². The normalized spacial score (nSPS) is 26.5. The minimum absolute atomic E-state index is 0.175. The van der Waals surface area contributed by atoms with E-state index in [1.807, 2.05) is 25.1 Å². The lowest BCUT2D eigenvalue weighted by atomic mass is 9.74. The van der Waals surface area contributed by atoms with Gasteiger partial charge < -0.3 is 4.74 Å². The second-order valence-corrected chi connectivity index (χ2v) is 6.26. The van der Waals surface area contributed by atoms with Crippen molar-refractivity contribution in [2.24, 2.45) is 5.92 Å². The molecule has 0 radical (unpaired) electrons. The third-order valence-electron chi connectivity index (χ3n) is 4.56. The molecule has 2 heteroatoms. The van der Waals surface area contributed by atoms with Crippen LogP contribution in [-0.4, -0.2) is 18.0 Å². The first-order valence-corrected chi connectivity index (χ1v) is 7.74. The summed E-state index contributed by atoms with van der Waals surface area (Å²) in [5.41, 5.74) is 2.61. The highest BCUT2D eigenvalue weighted by Crippen LogP contribution is 2.37. The molecular formula is C18H26O2. The topological polar surface area (TPSA) is 26.3 Å². The molecule has 1 aromatic carbocycles. The van der Waals surface area contributed by atoms with Gasteiger partial charge >= 0.3 is 0 Å². The van der Waals surface area contributed by atoms with Crippen LogP contribution in [0.15, 0.2) is 18.2 Å². The van der Waals surface area contributed by atoms with E-state index < -0.39 is 5.60 Å². The highest BCUT2D eigenvalue weighted by molar-refractivity contribution is 6.02. The number of hydrogen-bond acceptors (Lipinski definition) is 2. The van der Waals surface area contributed by atoms with Gasteiger partial charge in [-0.1, -0.05) is 25.5 Å². The summed E-state index contributed by atoms with van der Waals surface area (Å²) in [6.45, 7) is 8.94. The van der Waals surface area contributed by atoms with E-state index in [0.717, 1.165) is 24.8 Å². The number of carbonyl (C=O) groups is 1. The molecule has 1 aliphatic rings. The van der Waals surface area contributed by atoms with Gasteiger partial charge in [0.25, 0.3) is 0 Å². The van der Waals surface area contributed by atoms with Crippen molar-refractivity contribution in [3.63, 3.8) is 0 Å². The second kappa shape index (κ2) is 6.09. The summed E-state index contributed by atoms with van der Waals surface area (Å²) in [6, 6.07) is 6.00. The Labute approximate surface area is 122 Å². The molecule has 0 spiro atoms. The fourth-order valence-corrected chi connectivity index (χ4v) is 3.33. The van der Waals surface area contributed by atoms with Gasteiger partial charge in [0.15, 0.2) is 5.78 Å². The Kier molecular flexibility index (Phi) is 4.64. The van der Waals surface area contributed by atoms with E-state index in [4.69, 9.17) is 4.74 Å². The van der Waals surface area contributed by atoms with Crippen molar-refractivity contribution in [3.8, 4) is 0 Å². The van der Waals surface area contributed by atoms with Gasteiger partial charge in [-0.25, -0.2) is 0 Å². The van der Waals surface area contributed by atoms with Crippen LogP contribution in [0.2, 0.25) is 0 Å². The van der Waals surface area contributed by atoms with Crippen molar-refractivity contribution < 1.29 is 9.53 Å². The second-order valence-electron chi connectivity index (χ2n) is 6.26. The molecule has 1 aliphatic carbocycles. The summed E-state index contributed by atoms with van der Waals surface area (Å²) >= 11 is 0. The standard InChI is InChI=1S/C18H26O2/c1-5-20-18(10-6-7-13(2)12-18)17(19)16-9-8-14(3)15(4)11-16/h8-9,11,13H,5-7,10,12H2,1-4H3. The third-order valence-corrected chi connectivity index (χ3v) is 4.56. The Balaban J connectivity index is 2.33. The zero-order chi connectivity index (χ0) is 14.8. The van der Waals surface area contributed by atoms with Crippen molar-refractivity contribution in [1.29, 1.82) is 0 Å².